The molecular weight excluding hydrogens is 270 g/mol. The Hall–Kier alpha value is -1.43. The Morgan fingerprint density at radius 3 is 2.24 bits per heavy atom. The van der Waals surface area contributed by atoms with Crippen LogP contribution in [-0.4, -0.2) is 41.0 Å². The van der Waals surface area contributed by atoms with E-state index in [2.05, 4.69) is 5.32 Å². The van der Waals surface area contributed by atoms with Gasteiger partial charge in [0, 0.05) is 5.56 Å². The van der Waals surface area contributed by atoms with Crippen LogP contribution in [0.5, 0.6) is 0 Å². The first kappa shape index (κ1) is 17.6. The maximum atomic E-state index is 12.1. The predicted octanol–water partition coefficient (Wildman–Crippen LogP) is 1.47. The van der Waals surface area contributed by atoms with E-state index in [0.717, 1.165) is 5.56 Å². The second kappa shape index (κ2) is 8.12. The van der Waals surface area contributed by atoms with Crippen molar-refractivity contribution >= 4 is 5.91 Å². The number of amides is 1. The first-order valence-corrected chi connectivity index (χ1v) is 7.21. The summed E-state index contributed by atoms with van der Waals surface area (Å²) < 4.78 is 5.49. The number of nitrogens with one attached hydrogen (secondary N) is 1. The van der Waals surface area contributed by atoms with E-state index >= 15 is 0 Å². The summed E-state index contributed by atoms with van der Waals surface area (Å²) in [7, 11) is 0. The third kappa shape index (κ3) is 5.12. The molecule has 0 aliphatic heterocycles. The largest absolute Gasteiger partial charge is 0.394 e. The summed E-state index contributed by atoms with van der Waals surface area (Å²) in [5.41, 5.74) is 0.505. The summed E-state index contributed by atoms with van der Waals surface area (Å²) in [5, 5.41) is 21.4. The standard InChI is InChI=1S/C16H25NO4/c1-4-16(10-18,11-19)17-15(20)14-7-5-13(6-8-14)9-21-12(2)3/h5-8,12,18-19H,4,9-11H2,1-3H3,(H,17,20). The molecule has 0 spiro atoms. The van der Waals surface area contributed by atoms with E-state index in [1.807, 2.05) is 26.0 Å². The molecule has 5 heteroatoms. The highest BCUT2D eigenvalue weighted by atomic mass is 16.5. The molecule has 1 rings (SSSR count). The summed E-state index contributed by atoms with van der Waals surface area (Å²) in [4.78, 5) is 12.1. The van der Waals surface area contributed by atoms with Gasteiger partial charge in [0.05, 0.1) is 31.5 Å². The molecule has 0 atom stereocenters. The SMILES string of the molecule is CCC(CO)(CO)NC(=O)c1ccc(COC(C)C)cc1. The van der Waals surface area contributed by atoms with E-state index in [1.54, 1.807) is 19.1 Å². The summed E-state index contributed by atoms with van der Waals surface area (Å²) in [6.45, 7) is 5.65. The fraction of sp³-hybridized carbons (Fsp3) is 0.562. The van der Waals surface area contributed by atoms with Gasteiger partial charge in [-0.25, -0.2) is 0 Å². The van der Waals surface area contributed by atoms with Crippen molar-refractivity contribution in [1.82, 2.24) is 5.32 Å². The molecule has 1 aromatic rings. The first-order chi connectivity index (χ1) is 9.96. The Kier molecular flexibility index (Phi) is 6.81. The van der Waals surface area contributed by atoms with Crippen LogP contribution in [0, 0.1) is 0 Å². The maximum Gasteiger partial charge on any atom is 0.251 e. The summed E-state index contributed by atoms with van der Waals surface area (Å²) in [6.07, 6.45) is 0.610. The number of hydrogen-bond donors (Lipinski definition) is 3. The van der Waals surface area contributed by atoms with Crippen LogP contribution in [0.4, 0.5) is 0 Å². The minimum atomic E-state index is -0.976. The van der Waals surface area contributed by atoms with Crippen LogP contribution in [0.2, 0.25) is 0 Å². The molecule has 0 radical (unpaired) electrons. The van der Waals surface area contributed by atoms with Crippen molar-refractivity contribution in [3.63, 3.8) is 0 Å². The molecule has 0 aliphatic carbocycles. The summed E-state index contributed by atoms with van der Waals surface area (Å²) >= 11 is 0. The highest BCUT2D eigenvalue weighted by Gasteiger charge is 2.28. The van der Waals surface area contributed by atoms with E-state index in [9.17, 15) is 15.0 Å². The Morgan fingerprint density at radius 1 is 1.24 bits per heavy atom. The van der Waals surface area contributed by atoms with Crippen molar-refractivity contribution in [2.45, 2.75) is 45.4 Å². The number of ether oxygens (including phenoxy) is 1. The molecule has 0 saturated heterocycles. The van der Waals surface area contributed by atoms with E-state index in [1.165, 1.54) is 0 Å². The van der Waals surface area contributed by atoms with E-state index < -0.39 is 5.54 Å². The molecule has 0 unspecified atom stereocenters. The highest BCUT2D eigenvalue weighted by molar-refractivity contribution is 5.94. The summed E-state index contributed by atoms with van der Waals surface area (Å²) in [6, 6.07) is 7.10. The number of carbonyl (C=O) groups excluding carboxylic acids is 1. The van der Waals surface area contributed by atoms with Crippen LogP contribution in [-0.2, 0) is 11.3 Å². The Labute approximate surface area is 125 Å². The number of benzene rings is 1. The fourth-order valence-electron chi connectivity index (χ4n) is 1.77. The fourth-order valence-corrected chi connectivity index (χ4v) is 1.77. The second-order valence-corrected chi connectivity index (χ2v) is 5.46. The van der Waals surface area contributed by atoms with Crippen LogP contribution in [0.3, 0.4) is 0 Å². The third-order valence-electron chi connectivity index (χ3n) is 3.46. The van der Waals surface area contributed by atoms with Gasteiger partial charge in [-0.05, 0) is 38.0 Å². The van der Waals surface area contributed by atoms with Crippen LogP contribution >= 0.6 is 0 Å². The van der Waals surface area contributed by atoms with Crippen molar-refractivity contribution in [3.05, 3.63) is 35.4 Å². The Morgan fingerprint density at radius 2 is 1.81 bits per heavy atom. The van der Waals surface area contributed by atoms with Crippen LogP contribution in [0.25, 0.3) is 0 Å². The molecule has 0 aromatic heterocycles. The number of aliphatic hydroxyl groups is 2. The van der Waals surface area contributed by atoms with Gasteiger partial charge < -0.3 is 20.3 Å². The minimum absolute atomic E-state index is 0.159. The third-order valence-corrected chi connectivity index (χ3v) is 3.46. The van der Waals surface area contributed by atoms with E-state index in [-0.39, 0.29) is 25.2 Å². The van der Waals surface area contributed by atoms with Crippen molar-refractivity contribution in [2.24, 2.45) is 0 Å². The predicted molar refractivity (Wildman–Crippen MR) is 81.0 cm³/mol. The maximum absolute atomic E-state index is 12.1. The number of hydrogen-bond acceptors (Lipinski definition) is 4. The quantitative estimate of drug-likeness (QED) is 0.678. The van der Waals surface area contributed by atoms with Crippen molar-refractivity contribution in [3.8, 4) is 0 Å². The lowest BCUT2D eigenvalue weighted by molar-refractivity contribution is 0.0646. The van der Waals surface area contributed by atoms with Gasteiger partial charge in [0.1, 0.15) is 0 Å². The molecule has 0 saturated carbocycles. The van der Waals surface area contributed by atoms with Crippen LogP contribution < -0.4 is 5.32 Å². The molecule has 0 fully saturated rings. The average molecular weight is 295 g/mol. The van der Waals surface area contributed by atoms with Gasteiger partial charge in [-0.2, -0.15) is 0 Å². The average Bonchev–Trinajstić information content (AvgIpc) is 2.51. The monoisotopic (exact) mass is 295 g/mol. The summed E-state index contributed by atoms with van der Waals surface area (Å²) in [5.74, 6) is -0.309. The number of carbonyl (C=O) groups is 1. The second-order valence-electron chi connectivity index (χ2n) is 5.46. The van der Waals surface area contributed by atoms with Crippen molar-refractivity contribution in [2.75, 3.05) is 13.2 Å². The smallest absolute Gasteiger partial charge is 0.251 e. The molecule has 0 bridgehead atoms. The van der Waals surface area contributed by atoms with E-state index in [0.29, 0.717) is 18.6 Å². The van der Waals surface area contributed by atoms with Gasteiger partial charge in [-0.3, -0.25) is 4.79 Å². The zero-order valence-corrected chi connectivity index (χ0v) is 12.9. The van der Waals surface area contributed by atoms with Gasteiger partial charge in [-0.15, -0.1) is 0 Å². The Balaban J connectivity index is 2.70. The van der Waals surface area contributed by atoms with Crippen LogP contribution in [0.15, 0.2) is 24.3 Å². The topological polar surface area (TPSA) is 78.8 Å². The first-order valence-electron chi connectivity index (χ1n) is 7.21. The molecule has 3 N–H and O–H groups in total. The number of rotatable bonds is 8. The zero-order chi connectivity index (χ0) is 15.9. The van der Waals surface area contributed by atoms with Crippen molar-refractivity contribution in [1.29, 1.82) is 0 Å². The lowest BCUT2D eigenvalue weighted by Gasteiger charge is -2.29. The lowest BCUT2D eigenvalue weighted by atomic mass is 9.97. The minimum Gasteiger partial charge on any atom is -0.394 e. The normalized spacial score (nSPS) is 11.7. The molecule has 118 valence electrons. The van der Waals surface area contributed by atoms with Crippen molar-refractivity contribution < 1.29 is 19.7 Å². The molecule has 1 aromatic carbocycles. The van der Waals surface area contributed by atoms with Gasteiger partial charge >= 0.3 is 0 Å². The molecule has 1 amide bonds. The van der Waals surface area contributed by atoms with Gasteiger partial charge in [0.2, 0.25) is 0 Å². The van der Waals surface area contributed by atoms with E-state index in [4.69, 9.17) is 4.74 Å². The number of aliphatic hydroxyl groups excluding tert-OH is 2. The van der Waals surface area contributed by atoms with Gasteiger partial charge in [-0.1, -0.05) is 19.1 Å². The van der Waals surface area contributed by atoms with Gasteiger partial charge in [0.15, 0.2) is 0 Å². The lowest BCUT2D eigenvalue weighted by Crippen LogP contribution is -2.53. The molecule has 0 aliphatic rings. The Bertz CT molecular complexity index is 430. The van der Waals surface area contributed by atoms with Gasteiger partial charge in [0.25, 0.3) is 5.91 Å². The molecule has 5 nitrogen and oxygen atoms in total. The highest BCUT2D eigenvalue weighted by Crippen LogP contribution is 2.12. The zero-order valence-electron chi connectivity index (χ0n) is 12.9. The molecular formula is C16H25NO4. The molecule has 0 heterocycles. The molecule has 21 heavy (non-hydrogen) atoms. The van der Waals surface area contributed by atoms with Crippen LogP contribution in [0.1, 0.15) is 43.1 Å².